The van der Waals surface area contributed by atoms with E-state index in [0.717, 1.165) is 60.0 Å². The van der Waals surface area contributed by atoms with E-state index >= 15 is 0 Å². The summed E-state index contributed by atoms with van der Waals surface area (Å²) in [6, 6.07) is 7.73. The summed E-state index contributed by atoms with van der Waals surface area (Å²) in [5.41, 5.74) is 4.26. The number of aromatic nitrogens is 3. The molecule has 0 amide bonds. The summed E-state index contributed by atoms with van der Waals surface area (Å²) in [4.78, 5) is 15.8. The molecule has 2 aromatic heterocycles. The summed E-state index contributed by atoms with van der Waals surface area (Å²) in [6.45, 7) is 2.45. The third-order valence-electron chi connectivity index (χ3n) is 5.11. The largest absolute Gasteiger partial charge is 0.496 e. The molecule has 29 heavy (non-hydrogen) atoms. The van der Waals surface area contributed by atoms with Crippen molar-refractivity contribution >= 4 is 0 Å². The van der Waals surface area contributed by atoms with Crippen molar-refractivity contribution in [2.24, 2.45) is 0 Å². The van der Waals surface area contributed by atoms with Crippen molar-refractivity contribution in [2.75, 3.05) is 27.9 Å². The number of hydrogen-bond acceptors (Lipinski definition) is 7. The molecule has 0 fully saturated rings. The van der Waals surface area contributed by atoms with Crippen molar-refractivity contribution in [2.45, 2.75) is 19.5 Å². The Labute approximate surface area is 170 Å². The molecule has 1 aromatic carbocycles. The fourth-order valence-electron chi connectivity index (χ4n) is 3.60. The molecule has 7 nitrogen and oxygen atoms in total. The SMILES string of the molecule is COc1cc(OC)c(OC)cc1CN1CCc2nc(-c3cccnc3)ncc2C1. The zero-order chi connectivity index (χ0) is 20.2. The molecular formula is C22H24N4O3. The monoisotopic (exact) mass is 392 g/mol. The van der Waals surface area contributed by atoms with Crippen LogP contribution in [0.1, 0.15) is 16.8 Å². The summed E-state index contributed by atoms with van der Waals surface area (Å²) in [5, 5.41) is 0. The van der Waals surface area contributed by atoms with Gasteiger partial charge < -0.3 is 14.2 Å². The molecule has 7 heteroatoms. The lowest BCUT2D eigenvalue weighted by Gasteiger charge is -2.28. The van der Waals surface area contributed by atoms with E-state index < -0.39 is 0 Å². The van der Waals surface area contributed by atoms with Gasteiger partial charge in [0.25, 0.3) is 0 Å². The van der Waals surface area contributed by atoms with Crippen LogP contribution in [0.4, 0.5) is 0 Å². The van der Waals surface area contributed by atoms with Crippen molar-refractivity contribution in [3.05, 3.63) is 59.7 Å². The van der Waals surface area contributed by atoms with E-state index in [2.05, 4.69) is 14.9 Å². The molecule has 150 valence electrons. The number of pyridine rings is 1. The van der Waals surface area contributed by atoms with Crippen LogP contribution in [0.3, 0.4) is 0 Å². The van der Waals surface area contributed by atoms with E-state index in [0.29, 0.717) is 11.5 Å². The molecular weight excluding hydrogens is 368 g/mol. The van der Waals surface area contributed by atoms with Crippen LogP contribution in [0.25, 0.3) is 11.4 Å². The van der Waals surface area contributed by atoms with Gasteiger partial charge in [-0.25, -0.2) is 9.97 Å². The Bertz CT molecular complexity index is 995. The quantitative estimate of drug-likeness (QED) is 0.638. The van der Waals surface area contributed by atoms with Gasteiger partial charge in [-0.15, -0.1) is 0 Å². The molecule has 0 unspecified atom stereocenters. The standard InChI is InChI=1S/C22H24N4O3/c1-27-19-10-21(29-3)20(28-2)9-16(19)13-26-8-6-18-17(14-26)12-24-22(25-18)15-5-4-7-23-11-15/h4-5,7,9-12H,6,8,13-14H2,1-3H3. The average Bonchev–Trinajstić information content (AvgIpc) is 2.79. The van der Waals surface area contributed by atoms with Gasteiger partial charge in [0, 0.05) is 67.4 Å². The van der Waals surface area contributed by atoms with Crippen LogP contribution < -0.4 is 14.2 Å². The van der Waals surface area contributed by atoms with E-state index in [4.69, 9.17) is 19.2 Å². The van der Waals surface area contributed by atoms with Crippen LogP contribution in [0.2, 0.25) is 0 Å². The second kappa shape index (κ2) is 8.45. The molecule has 0 saturated carbocycles. The molecule has 4 rings (SSSR count). The number of methoxy groups -OCH3 is 3. The fraction of sp³-hybridized carbons (Fsp3) is 0.318. The van der Waals surface area contributed by atoms with Gasteiger partial charge in [-0.2, -0.15) is 0 Å². The Hall–Kier alpha value is -3.19. The Balaban J connectivity index is 1.54. The zero-order valence-electron chi connectivity index (χ0n) is 16.9. The van der Waals surface area contributed by atoms with Crippen LogP contribution in [0, 0.1) is 0 Å². The molecule has 1 aliphatic heterocycles. The highest BCUT2D eigenvalue weighted by molar-refractivity contribution is 5.53. The maximum atomic E-state index is 5.57. The van der Waals surface area contributed by atoms with Crippen molar-refractivity contribution < 1.29 is 14.2 Å². The zero-order valence-corrected chi connectivity index (χ0v) is 16.9. The first-order valence-corrected chi connectivity index (χ1v) is 9.48. The number of benzene rings is 1. The van der Waals surface area contributed by atoms with Crippen molar-refractivity contribution in [1.29, 1.82) is 0 Å². The molecule has 0 aliphatic carbocycles. The number of nitrogens with zero attached hydrogens (tertiary/aromatic N) is 4. The van der Waals surface area contributed by atoms with Crippen LogP contribution in [-0.4, -0.2) is 47.7 Å². The number of ether oxygens (including phenoxy) is 3. The Morgan fingerprint density at radius 2 is 1.79 bits per heavy atom. The van der Waals surface area contributed by atoms with Crippen molar-refractivity contribution in [3.8, 4) is 28.6 Å². The molecule has 0 spiro atoms. The molecule has 3 aromatic rings. The highest BCUT2D eigenvalue weighted by atomic mass is 16.5. The maximum Gasteiger partial charge on any atom is 0.164 e. The first kappa shape index (κ1) is 19.1. The van der Waals surface area contributed by atoms with Crippen molar-refractivity contribution in [3.63, 3.8) is 0 Å². The summed E-state index contributed by atoms with van der Waals surface area (Å²) >= 11 is 0. The minimum Gasteiger partial charge on any atom is -0.496 e. The number of hydrogen-bond donors (Lipinski definition) is 0. The molecule has 0 bridgehead atoms. The van der Waals surface area contributed by atoms with Crippen LogP contribution in [0.15, 0.2) is 42.9 Å². The third-order valence-corrected chi connectivity index (χ3v) is 5.11. The van der Waals surface area contributed by atoms with Gasteiger partial charge in [0.15, 0.2) is 17.3 Å². The first-order valence-electron chi connectivity index (χ1n) is 9.48. The predicted molar refractivity (Wildman–Crippen MR) is 109 cm³/mol. The number of fused-ring (bicyclic) bond motifs is 1. The van der Waals surface area contributed by atoms with E-state index in [9.17, 15) is 0 Å². The molecule has 0 atom stereocenters. The van der Waals surface area contributed by atoms with Gasteiger partial charge in [-0.1, -0.05) is 0 Å². The topological polar surface area (TPSA) is 69.6 Å². The van der Waals surface area contributed by atoms with Crippen molar-refractivity contribution in [1.82, 2.24) is 19.9 Å². The van der Waals surface area contributed by atoms with Crippen LogP contribution >= 0.6 is 0 Å². The fourth-order valence-corrected chi connectivity index (χ4v) is 3.60. The van der Waals surface area contributed by atoms with E-state index in [-0.39, 0.29) is 0 Å². The van der Waals surface area contributed by atoms with Gasteiger partial charge in [0.1, 0.15) is 5.75 Å². The summed E-state index contributed by atoms with van der Waals surface area (Å²) in [7, 11) is 4.94. The van der Waals surface area contributed by atoms with Crippen LogP contribution in [-0.2, 0) is 19.5 Å². The smallest absolute Gasteiger partial charge is 0.164 e. The Kier molecular flexibility index (Phi) is 5.57. The van der Waals surface area contributed by atoms with E-state index in [1.165, 1.54) is 0 Å². The summed E-state index contributed by atoms with van der Waals surface area (Å²) in [5.74, 6) is 2.88. The normalized spacial score (nSPS) is 13.6. The molecule has 1 aliphatic rings. The first-order chi connectivity index (χ1) is 14.2. The van der Waals surface area contributed by atoms with Gasteiger partial charge in [-0.3, -0.25) is 9.88 Å². The minimum atomic E-state index is 0.661. The second-order valence-electron chi connectivity index (χ2n) is 6.89. The lowest BCUT2D eigenvalue weighted by molar-refractivity contribution is 0.238. The number of rotatable bonds is 6. The minimum absolute atomic E-state index is 0.661. The van der Waals surface area contributed by atoms with Gasteiger partial charge >= 0.3 is 0 Å². The van der Waals surface area contributed by atoms with Gasteiger partial charge in [0.2, 0.25) is 0 Å². The van der Waals surface area contributed by atoms with Crippen LogP contribution in [0.5, 0.6) is 17.2 Å². The molecule has 0 radical (unpaired) electrons. The Morgan fingerprint density at radius 3 is 2.52 bits per heavy atom. The molecule has 3 heterocycles. The summed E-state index contributed by atoms with van der Waals surface area (Å²) in [6.07, 6.45) is 6.35. The van der Waals surface area contributed by atoms with E-state index in [1.807, 2.05) is 30.5 Å². The van der Waals surface area contributed by atoms with Gasteiger partial charge in [-0.05, 0) is 18.2 Å². The van der Waals surface area contributed by atoms with E-state index in [1.54, 1.807) is 33.7 Å². The highest BCUT2D eigenvalue weighted by Crippen LogP contribution is 2.35. The predicted octanol–water partition coefficient (Wildman–Crippen LogP) is 3.12. The van der Waals surface area contributed by atoms with Gasteiger partial charge in [0.05, 0.1) is 27.0 Å². The average molecular weight is 392 g/mol. The maximum absolute atomic E-state index is 5.57. The Morgan fingerprint density at radius 1 is 1.00 bits per heavy atom. The lowest BCUT2D eigenvalue weighted by Crippen LogP contribution is -2.31. The summed E-state index contributed by atoms with van der Waals surface area (Å²) < 4.78 is 16.4. The molecule has 0 saturated heterocycles. The lowest BCUT2D eigenvalue weighted by atomic mass is 10.1. The third kappa shape index (κ3) is 4.00. The second-order valence-corrected chi connectivity index (χ2v) is 6.89. The highest BCUT2D eigenvalue weighted by Gasteiger charge is 2.21. The molecule has 0 N–H and O–H groups in total.